The molecular weight excluding hydrogens is 460 g/mol. The van der Waals surface area contributed by atoms with Crippen LogP contribution in [0.25, 0.3) is 21.3 Å². The molecule has 0 radical (unpaired) electrons. The second kappa shape index (κ2) is 7.94. The fraction of sp³-hybridized carbons (Fsp3) is 0.320. The number of thiophene rings is 1. The molecule has 0 saturated heterocycles. The van der Waals surface area contributed by atoms with E-state index < -0.39 is 6.10 Å². The van der Waals surface area contributed by atoms with Crippen LogP contribution in [0.5, 0.6) is 17.5 Å². The maximum absolute atomic E-state index is 10.7. The number of ether oxygens (including phenoxy) is 1. The number of nitrogens with zero attached hydrogens (tertiary/aromatic N) is 2. The van der Waals surface area contributed by atoms with Crippen molar-refractivity contribution in [3.05, 3.63) is 57.6 Å². The van der Waals surface area contributed by atoms with E-state index in [-0.39, 0.29) is 23.7 Å². The van der Waals surface area contributed by atoms with Crippen molar-refractivity contribution < 1.29 is 20.1 Å². The Morgan fingerprint density at radius 3 is 2.45 bits per heavy atom. The normalized spacial score (nSPS) is 17.3. The Kier molecular flexibility index (Phi) is 5.31. The molecule has 0 aliphatic heterocycles. The van der Waals surface area contributed by atoms with Gasteiger partial charge in [0.15, 0.2) is 11.8 Å². The number of pyridine rings is 1. The minimum Gasteiger partial charge on any atom is -0.497 e. The fourth-order valence-corrected chi connectivity index (χ4v) is 6.09. The summed E-state index contributed by atoms with van der Waals surface area (Å²) in [5.74, 6) is 0.623. The minimum absolute atomic E-state index is 0.0631. The maximum Gasteiger partial charge on any atom is 0.194 e. The molecule has 6 nitrogen and oxygen atoms in total. The molecule has 0 spiro atoms. The van der Waals surface area contributed by atoms with Gasteiger partial charge in [-0.15, -0.1) is 11.3 Å². The van der Waals surface area contributed by atoms with Gasteiger partial charge < -0.3 is 20.1 Å². The van der Waals surface area contributed by atoms with E-state index in [1.165, 1.54) is 22.3 Å². The molecular formula is C25H25ClN2O4S. The highest BCUT2D eigenvalue weighted by Gasteiger charge is 2.37. The van der Waals surface area contributed by atoms with Crippen LogP contribution < -0.4 is 4.74 Å². The number of aliphatic hydroxyl groups excluding tert-OH is 1. The molecule has 172 valence electrons. The van der Waals surface area contributed by atoms with Crippen LogP contribution in [0.3, 0.4) is 0 Å². The topological polar surface area (TPSA) is 87.7 Å². The first-order valence-electron chi connectivity index (χ1n) is 10.7. The summed E-state index contributed by atoms with van der Waals surface area (Å²) in [4.78, 5) is 6.83. The molecule has 0 fully saturated rings. The van der Waals surface area contributed by atoms with Crippen LogP contribution >= 0.6 is 22.9 Å². The molecule has 0 saturated carbocycles. The molecule has 3 aromatic heterocycles. The number of hydrogen-bond donors (Lipinski definition) is 3. The van der Waals surface area contributed by atoms with Crippen molar-refractivity contribution in [3.63, 3.8) is 0 Å². The van der Waals surface area contributed by atoms with Gasteiger partial charge in [0.25, 0.3) is 0 Å². The quantitative estimate of drug-likeness (QED) is 0.362. The number of aromatic hydroxyl groups is 2. The molecule has 1 aromatic carbocycles. The monoisotopic (exact) mass is 484 g/mol. The highest BCUT2D eigenvalue weighted by atomic mass is 35.5. The van der Waals surface area contributed by atoms with Gasteiger partial charge in [-0.1, -0.05) is 37.6 Å². The van der Waals surface area contributed by atoms with E-state index >= 15 is 0 Å². The Bertz CT molecular complexity index is 1340. The molecule has 8 heteroatoms. The summed E-state index contributed by atoms with van der Waals surface area (Å²) < 4.78 is 6.69. The Labute approximate surface area is 200 Å². The number of aromatic nitrogens is 2. The molecule has 3 heterocycles. The van der Waals surface area contributed by atoms with Gasteiger partial charge in [0.05, 0.1) is 30.5 Å². The third-order valence-corrected chi connectivity index (χ3v) is 8.12. The second-order valence-corrected chi connectivity index (χ2v) is 10.6. The lowest BCUT2D eigenvalue weighted by atomic mass is 9.73. The second-order valence-electron chi connectivity index (χ2n) is 9.18. The number of benzene rings is 1. The summed E-state index contributed by atoms with van der Waals surface area (Å²) in [5.41, 5.74) is 3.28. The molecule has 5 rings (SSSR count). The van der Waals surface area contributed by atoms with Gasteiger partial charge in [0.1, 0.15) is 10.6 Å². The van der Waals surface area contributed by atoms with Crippen LogP contribution in [-0.4, -0.2) is 38.1 Å². The van der Waals surface area contributed by atoms with E-state index in [9.17, 15) is 15.3 Å². The lowest BCUT2D eigenvalue weighted by Crippen LogP contribution is -2.36. The van der Waals surface area contributed by atoms with Crippen LogP contribution in [0, 0.1) is 5.41 Å². The number of aliphatic hydroxyl groups is 1. The van der Waals surface area contributed by atoms with Crippen molar-refractivity contribution in [2.45, 2.75) is 39.3 Å². The van der Waals surface area contributed by atoms with Crippen molar-refractivity contribution in [3.8, 4) is 28.6 Å². The predicted molar refractivity (Wildman–Crippen MR) is 131 cm³/mol. The number of hydrogen-bond acceptors (Lipinski definition) is 6. The lowest BCUT2D eigenvalue weighted by molar-refractivity contribution is 0.0441. The Hall–Kier alpha value is -2.74. The van der Waals surface area contributed by atoms with Crippen molar-refractivity contribution in [2.24, 2.45) is 5.41 Å². The highest BCUT2D eigenvalue weighted by molar-refractivity contribution is 7.19. The summed E-state index contributed by atoms with van der Waals surface area (Å²) in [5, 5.41) is 32.5. The molecule has 1 aliphatic carbocycles. The van der Waals surface area contributed by atoms with Gasteiger partial charge in [-0.2, -0.15) is 0 Å². The first kappa shape index (κ1) is 22.1. The van der Waals surface area contributed by atoms with Crippen LogP contribution in [0.4, 0.5) is 0 Å². The molecule has 33 heavy (non-hydrogen) atoms. The smallest absolute Gasteiger partial charge is 0.194 e. The molecule has 1 aliphatic rings. The van der Waals surface area contributed by atoms with Gasteiger partial charge in [0.2, 0.25) is 0 Å². The predicted octanol–water partition coefficient (Wildman–Crippen LogP) is 5.37. The standard InChI is InChI=1S/C25H25ClN2O4S/c1-25(2)11-15-17(10-18(25)29)33-24-22(15)21(13-4-6-14(32-3)7-5-13)23(26)16(27-24)12-28-19(30)8-9-20(28)31/h4-9,18,29-31H,10-12H2,1-3H3. The van der Waals surface area contributed by atoms with E-state index in [2.05, 4.69) is 13.8 Å². The van der Waals surface area contributed by atoms with Gasteiger partial charge in [-0.05, 0) is 35.1 Å². The molecule has 0 amide bonds. The molecule has 1 unspecified atom stereocenters. The zero-order valence-electron chi connectivity index (χ0n) is 18.6. The van der Waals surface area contributed by atoms with Gasteiger partial charge in [0, 0.05) is 34.4 Å². The SMILES string of the molecule is COc1ccc(-c2c(Cl)c(Cn3c(O)ccc3O)nc3sc4c(c23)CC(C)(C)C(O)C4)cc1. The maximum atomic E-state index is 10.7. The van der Waals surface area contributed by atoms with Gasteiger partial charge in [-0.3, -0.25) is 4.57 Å². The first-order valence-corrected chi connectivity index (χ1v) is 11.9. The van der Waals surface area contributed by atoms with E-state index in [4.69, 9.17) is 21.3 Å². The third-order valence-electron chi connectivity index (χ3n) is 6.57. The number of rotatable bonds is 4. The van der Waals surface area contributed by atoms with Crippen molar-refractivity contribution >= 4 is 33.2 Å². The summed E-state index contributed by atoms with van der Waals surface area (Å²) in [6.07, 6.45) is 0.881. The molecule has 4 aromatic rings. The average Bonchev–Trinajstić information content (AvgIpc) is 3.28. The van der Waals surface area contributed by atoms with Crippen LogP contribution in [-0.2, 0) is 19.4 Å². The Morgan fingerprint density at radius 1 is 1.15 bits per heavy atom. The zero-order chi connectivity index (χ0) is 23.5. The van der Waals surface area contributed by atoms with E-state index in [1.807, 2.05) is 24.3 Å². The number of methoxy groups -OCH3 is 1. The minimum atomic E-state index is -0.425. The lowest BCUT2D eigenvalue weighted by Gasteiger charge is -2.35. The van der Waals surface area contributed by atoms with Crippen molar-refractivity contribution in [1.82, 2.24) is 9.55 Å². The first-order chi connectivity index (χ1) is 15.7. The van der Waals surface area contributed by atoms with E-state index in [0.29, 0.717) is 17.1 Å². The summed E-state index contributed by atoms with van der Waals surface area (Å²) >= 11 is 8.58. The van der Waals surface area contributed by atoms with Gasteiger partial charge >= 0.3 is 0 Å². The third kappa shape index (κ3) is 3.64. The average molecular weight is 485 g/mol. The van der Waals surface area contributed by atoms with Crippen LogP contribution in [0.15, 0.2) is 36.4 Å². The Balaban J connectivity index is 1.77. The van der Waals surface area contributed by atoms with E-state index in [1.54, 1.807) is 18.4 Å². The highest BCUT2D eigenvalue weighted by Crippen LogP contribution is 2.48. The number of halogens is 1. The number of fused-ring (bicyclic) bond motifs is 3. The molecule has 3 N–H and O–H groups in total. The Morgan fingerprint density at radius 2 is 1.82 bits per heavy atom. The van der Waals surface area contributed by atoms with Crippen LogP contribution in [0.2, 0.25) is 5.02 Å². The zero-order valence-corrected chi connectivity index (χ0v) is 20.2. The summed E-state index contributed by atoms with van der Waals surface area (Å²) in [7, 11) is 1.63. The molecule has 0 bridgehead atoms. The summed E-state index contributed by atoms with van der Waals surface area (Å²) in [6.45, 7) is 4.29. The van der Waals surface area contributed by atoms with Crippen molar-refractivity contribution in [2.75, 3.05) is 7.11 Å². The van der Waals surface area contributed by atoms with Crippen molar-refractivity contribution in [1.29, 1.82) is 0 Å². The van der Waals surface area contributed by atoms with Crippen LogP contribution in [0.1, 0.15) is 30.0 Å². The van der Waals surface area contributed by atoms with E-state index in [0.717, 1.165) is 38.4 Å². The largest absolute Gasteiger partial charge is 0.497 e. The summed E-state index contributed by atoms with van der Waals surface area (Å²) in [6, 6.07) is 10.6. The fourth-order valence-electron chi connectivity index (χ4n) is 4.53. The molecule has 1 atom stereocenters. The van der Waals surface area contributed by atoms with Gasteiger partial charge in [-0.25, -0.2) is 4.98 Å².